The largest absolute Gasteiger partial charge is 0.481 e. The molecule has 40 heavy (non-hydrogen) atoms. The van der Waals surface area contributed by atoms with Crippen molar-refractivity contribution < 1.29 is 75.0 Å². The molecule has 0 aliphatic carbocycles. The lowest BCUT2D eigenvalue weighted by Crippen LogP contribution is -2.43. The molecule has 0 radical (unpaired) electrons. The molecule has 0 spiro atoms. The predicted octanol–water partition coefficient (Wildman–Crippen LogP) is -0.648. The third kappa shape index (κ3) is 29.4. The number of carboxylic acid groups (broad SMARTS) is 4. The monoisotopic (exact) mass is 586 g/mol. The molecule has 0 aromatic heterocycles. The van der Waals surface area contributed by atoms with E-state index >= 15 is 0 Å². The van der Waals surface area contributed by atoms with Crippen molar-refractivity contribution in [1.82, 2.24) is 0 Å². The molecule has 0 unspecified atom stereocenters. The van der Waals surface area contributed by atoms with E-state index in [1.54, 1.807) is 6.92 Å². The summed E-state index contributed by atoms with van der Waals surface area (Å²) in [4.78, 5) is 38.2. The fourth-order valence-electron chi connectivity index (χ4n) is 1.06. The minimum absolute atomic E-state index is 0.141. The molecule has 0 aromatic rings. The van der Waals surface area contributed by atoms with Crippen LogP contribution in [0.15, 0.2) is 36.5 Å². The van der Waals surface area contributed by atoms with Crippen molar-refractivity contribution in [3.05, 3.63) is 36.5 Å². The third-order valence-electron chi connectivity index (χ3n) is 4.23. The van der Waals surface area contributed by atoms with E-state index in [-0.39, 0.29) is 36.4 Å². The van der Waals surface area contributed by atoms with Gasteiger partial charge in [0.1, 0.15) is 0 Å². The summed E-state index contributed by atoms with van der Waals surface area (Å²) in [5.74, 6) is -3.55. The summed E-state index contributed by atoms with van der Waals surface area (Å²) in [7, 11) is 0. The molecule has 0 saturated carbocycles. The van der Waals surface area contributed by atoms with Crippen LogP contribution in [-0.4, -0.2) is 128 Å². The molecule has 15 nitrogen and oxygen atoms in total. The highest BCUT2D eigenvalue weighted by atomic mass is 16.5. The molecule has 236 valence electrons. The Morgan fingerprint density at radius 1 is 0.550 bits per heavy atom. The molecule has 0 atom stereocenters. The van der Waals surface area contributed by atoms with Gasteiger partial charge >= 0.3 is 23.9 Å². The first-order valence-electron chi connectivity index (χ1n) is 11.4. The van der Waals surface area contributed by atoms with E-state index < -0.39 is 74.3 Å². The first-order chi connectivity index (χ1) is 18.3. The average molecular weight is 587 g/mol. The van der Waals surface area contributed by atoms with Crippen LogP contribution in [0.1, 0.15) is 34.1 Å². The summed E-state index contributed by atoms with van der Waals surface area (Å²) in [5.41, 5.74) is -1.79. The van der Waals surface area contributed by atoms with Crippen molar-refractivity contribution >= 4 is 23.9 Å². The van der Waals surface area contributed by atoms with Gasteiger partial charge in [-0.05, 0) is 20.8 Å². The Bertz CT molecular complexity index is 637. The Morgan fingerprint density at radius 3 is 0.775 bits per heavy atom. The molecule has 10 N–H and O–H groups in total. The molecule has 15 heteroatoms. The van der Waals surface area contributed by atoms with Crippen LogP contribution >= 0.6 is 0 Å². The van der Waals surface area contributed by atoms with Crippen LogP contribution in [0.4, 0.5) is 0 Å². The van der Waals surface area contributed by atoms with Crippen LogP contribution in [0.2, 0.25) is 0 Å². The number of aliphatic hydroxyl groups excluding tert-OH is 6. The number of hydrogen-bond donors (Lipinski definition) is 10. The van der Waals surface area contributed by atoms with Crippen LogP contribution in [0.3, 0.4) is 0 Å². The van der Waals surface area contributed by atoms with E-state index in [4.69, 9.17) is 55.8 Å². The van der Waals surface area contributed by atoms with E-state index in [0.717, 1.165) is 0 Å². The maximum Gasteiger partial charge on any atom is 0.330 e. The van der Waals surface area contributed by atoms with Gasteiger partial charge in [0.25, 0.3) is 0 Å². The van der Waals surface area contributed by atoms with E-state index in [1.165, 1.54) is 20.8 Å². The van der Waals surface area contributed by atoms with Crippen molar-refractivity contribution in [3.8, 4) is 0 Å². The molecule has 0 saturated heterocycles. The average Bonchev–Trinajstić information content (AvgIpc) is 2.91. The van der Waals surface area contributed by atoms with Crippen LogP contribution in [0.5, 0.6) is 0 Å². The molecule has 0 aromatic carbocycles. The predicted molar refractivity (Wildman–Crippen MR) is 143 cm³/mol. The summed E-state index contributed by atoms with van der Waals surface area (Å²) in [6.07, 6.45) is 0.222. The van der Waals surface area contributed by atoms with Crippen molar-refractivity contribution in [2.75, 3.05) is 52.9 Å². The van der Waals surface area contributed by atoms with Crippen LogP contribution < -0.4 is 0 Å². The maximum absolute atomic E-state index is 9.60. The minimum Gasteiger partial charge on any atom is -0.481 e. The molecule has 0 heterocycles. The highest BCUT2D eigenvalue weighted by Gasteiger charge is 2.32. The van der Waals surface area contributed by atoms with Gasteiger partial charge in [0, 0.05) is 23.1 Å². The fraction of sp³-hybridized carbons (Fsp3) is 0.600. The molecular weight excluding hydrogens is 540 g/mol. The molecule has 0 aliphatic heterocycles. The Morgan fingerprint density at radius 2 is 0.700 bits per heavy atom. The molecule has 0 rings (SSSR count). The van der Waals surface area contributed by atoms with Crippen molar-refractivity contribution in [3.63, 3.8) is 0 Å². The van der Waals surface area contributed by atoms with E-state index in [0.29, 0.717) is 0 Å². The highest BCUT2D eigenvalue weighted by molar-refractivity contribution is 5.85. The lowest BCUT2D eigenvalue weighted by Gasteiger charge is -2.31. The van der Waals surface area contributed by atoms with Crippen LogP contribution in [-0.2, 0) is 23.9 Å². The standard InChI is InChI=1S/C10H22O7.3C4H6O2.C3H6O2/c11-1-9(2-12,3-13)7-17-8-10(4-14,5-15)6-16;3*1-3(2)4(5)6;1-2-3(4)5/h11-16H,1-8H2;3*1H2,2H3,(H,5,6);2H2,1H3,(H,4,5). The molecule has 0 amide bonds. The SMILES string of the molecule is C=C(C)C(=O)O.C=C(C)C(=O)O.C=C(C)C(=O)O.CCC(=O)O.OCC(CO)(CO)COCC(CO)(CO)CO. The van der Waals surface area contributed by atoms with Gasteiger partial charge in [-0.3, -0.25) is 4.79 Å². The van der Waals surface area contributed by atoms with Crippen LogP contribution in [0, 0.1) is 10.8 Å². The fourth-order valence-corrected chi connectivity index (χ4v) is 1.06. The van der Waals surface area contributed by atoms with Gasteiger partial charge in [0.15, 0.2) is 0 Å². The summed E-state index contributed by atoms with van der Waals surface area (Å²) >= 11 is 0. The van der Waals surface area contributed by atoms with Crippen molar-refractivity contribution in [2.45, 2.75) is 34.1 Å². The number of hydrogen-bond acceptors (Lipinski definition) is 11. The summed E-state index contributed by atoms with van der Waals surface area (Å²) < 4.78 is 5.15. The van der Waals surface area contributed by atoms with Gasteiger partial charge in [-0.25, -0.2) is 14.4 Å². The zero-order valence-electron chi connectivity index (χ0n) is 23.5. The summed E-state index contributed by atoms with van der Waals surface area (Å²) in [6.45, 7) is 12.4. The molecule has 0 aliphatic rings. The van der Waals surface area contributed by atoms with Gasteiger partial charge in [-0.15, -0.1) is 0 Å². The number of rotatable bonds is 14. The summed E-state index contributed by atoms with van der Waals surface area (Å²) in [6, 6.07) is 0. The van der Waals surface area contributed by atoms with Gasteiger partial charge in [0.05, 0.1) is 63.7 Å². The van der Waals surface area contributed by atoms with Gasteiger partial charge in [-0.2, -0.15) is 0 Å². The third-order valence-corrected chi connectivity index (χ3v) is 4.23. The maximum atomic E-state index is 9.60. The highest BCUT2D eigenvalue weighted by Crippen LogP contribution is 2.19. The second-order valence-corrected chi connectivity index (χ2v) is 8.45. The zero-order chi connectivity index (χ0) is 33.1. The van der Waals surface area contributed by atoms with Crippen LogP contribution in [0.25, 0.3) is 0 Å². The molecule has 0 bridgehead atoms. The lowest BCUT2D eigenvalue weighted by atomic mass is 9.91. The van der Waals surface area contributed by atoms with Crippen molar-refractivity contribution in [2.24, 2.45) is 10.8 Å². The number of aliphatic carboxylic acids is 4. The number of ether oxygens (including phenoxy) is 1. The Kier molecular flexibility index (Phi) is 31.9. The first kappa shape index (κ1) is 46.7. The smallest absolute Gasteiger partial charge is 0.330 e. The Hall–Kier alpha value is -3.18. The van der Waals surface area contributed by atoms with E-state index in [2.05, 4.69) is 19.7 Å². The topological polar surface area (TPSA) is 280 Å². The number of aliphatic hydroxyl groups is 6. The van der Waals surface area contributed by atoms with Gasteiger partial charge in [-0.1, -0.05) is 26.7 Å². The first-order valence-corrected chi connectivity index (χ1v) is 11.4. The summed E-state index contributed by atoms with van der Waals surface area (Å²) in [5, 5.41) is 85.6. The minimum atomic E-state index is -1.16. The zero-order valence-corrected chi connectivity index (χ0v) is 23.5. The van der Waals surface area contributed by atoms with Gasteiger partial charge < -0.3 is 55.8 Å². The number of carboxylic acids is 4. The second-order valence-electron chi connectivity index (χ2n) is 8.45. The Labute approximate surface area is 233 Å². The van der Waals surface area contributed by atoms with E-state index in [9.17, 15) is 19.2 Å². The number of carbonyl (C=O) groups is 4. The molecular formula is C25H46O15. The lowest BCUT2D eigenvalue weighted by molar-refractivity contribution is -0.137. The van der Waals surface area contributed by atoms with Gasteiger partial charge in [0.2, 0.25) is 0 Å². The Balaban J connectivity index is -0.000000146. The normalized spacial score (nSPS) is 9.85. The molecule has 0 fully saturated rings. The van der Waals surface area contributed by atoms with Crippen molar-refractivity contribution in [1.29, 1.82) is 0 Å². The quantitative estimate of drug-likeness (QED) is 0.113. The van der Waals surface area contributed by atoms with E-state index in [1.807, 2.05) is 0 Å². The second kappa shape index (κ2) is 27.4.